The van der Waals surface area contributed by atoms with Gasteiger partial charge in [-0.15, -0.1) is 11.3 Å². The van der Waals surface area contributed by atoms with Crippen molar-refractivity contribution in [1.29, 1.82) is 0 Å². The maximum absolute atomic E-state index is 13.0. The van der Waals surface area contributed by atoms with E-state index in [0.717, 1.165) is 11.3 Å². The van der Waals surface area contributed by atoms with Crippen molar-refractivity contribution < 1.29 is 8.42 Å². The maximum Gasteiger partial charge on any atom is 0.271 e. The van der Waals surface area contributed by atoms with E-state index in [4.69, 9.17) is 23.2 Å². The van der Waals surface area contributed by atoms with Crippen LogP contribution in [0.5, 0.6) is 0 Å². The minimum Gasteiger partial charge on any atom is -0.277 e. The molecule has 4 rings (SSSR count). The summed E-state index contributed by atoms with van der Waals surface area (Å²) >= 11 is 13.0. The van der Waals surface area contributed by atoms with Crippen LogP contribution in [0.25, 0.3) is 16.6 Å². The van der Waals surface area contributed by atoms with Crippen LogP contribution in [0.3, 0.4) is 0 Å². The summed E-state index contributed by atoms with van der Waals surface area (Å²) in [7, 11) is -3.87. The summed E-state index contributed by atoms with van der Waals surface area (Å²) in [5.74, 6) is 0.467. The number of fused-ring (bicyclic) bond motifs is 1. The monoisotopic (exact) mass is 465 g/mol. The Labute approximate surface area is 180 Å². The van der Waals surface area contributed by atoms with E-state index in [0.29, 0.717) is 26.8 Å². The average molecular weight is 466 g/mol. The topological polar surface area (TPSA) is 81.1 Å². The summed E-state index contributed by atoms with van der Waals surface area (Å²) in [5.41, 5.74) is 0.926. The van der Waals surface area contributed by atoms with Gasteiger partial charge in [0, 0.05) is 0 Å². The average Bonchev–Trinajstić information content (AvgIpc) is 3.11. The van der Waals surface area contributed by atoms with Gasteiger partial charge in [-0.3, -0.25) is 14.1 Å². The van der Waals surface area contributed by atoms with E-state index in [1.54, 1.807) is 31.2 Å². The molecule has 0 unspecified atom stereocenters. The Kier molecular flexibility index (Phi) is 5.12. The van der Waals surface area contributed by atoms with Crippen LogP contribution in [0.15, 0.2) is 63.6 Å². The standard InChI is InChI=1S/C19H13Cl2N3O3S2/c1-11-22-15-5-3-2-4-13(15)19(25)24(11)12-6-7-14(20)16(10-12)23-29(26,27)18-9-8-17(21)28-18/h2-10,23H,1H3. The van der Waals surface area contributed by atoms with Crippen molar-refractivity contribution in [2.24, 2.45) is 0 Å². The predicted octanol–water partition coefficient (Wildman–Crippen LogP) is 4.86. The second-order valence-electron chi connectivity index (χ2n) is 6.14. The number of halogens is 2. The third-order valence-electron chi connectivity index (χ3n) is 4.21. The molecule has 0 aliphatic heterocycles. The summed E-state index contributed by atoms with van der Waals surface area (Å²) in [6.45, 7) is 1.71. The first kappa shape index (κ1) is 19.9. The van der Waals surface area contributed by atoms with Gasteiger partial charge in [0.25, 0.3) is 15.6 Å². The van der Waals surface area contributed by atoms with Crippen LogP contribution in [0.2, 0.25) is 9.36 Å². The first-order valence-electron chi connectivity index (χ1n) is 8.33. The molecule has 4 aromatic rings. The van der Waals surface area contributed by atoms with Crippen molar-refractivity contribution in [3.63, 3.8) is 0 Å². The number of benzene rings is 2. The van der Waals surface area contributed by atoms with E-state index in [2.05, 4.69) is 9.71 Å². The van der Waals surface area contributed by atoms with Crippen molar-refractivity contribution in [2.45, 2.75) is 11.1 Å². The number of rotatable bonds is 4. The highest BCUT2D eigenvalue weighted by Gasteiger charge is 2.19. The number of nitrogens with zero attached hydrogens (tertiary/aromatic N) is 2. The number of sulfonamides is 1. The number of thiophene rings is 1. The molecule has 2 aromatic carbocycles. The molecule has 148 valence electrons. The van der Waals surface area contributed by atoms with Crippen LogP contribution in [-0.2, 0) is 10.0 Å². The summed E-state index contributed by atoms with van der Waals surface area (Å²) in [5, 5.41) is 0.655. The highest BCUT2D eigenvalue weighted by molar-refractivity contribution is 7.94. The molecule has 29 heavy (non-hydrogen) atoms. The molecule has 0 spiro atoms. The fraction of sp³-hybridized carbons (Fsp3) is 0.0526. The predicted molar refractivity (Wildman–Crippen MR) is 117 cm³/mol. The number of nitrogens with one attached hydrogen (secondary N) is 1. The Bertz CT molecular complexity index is 1410. The molecule has 0 bridgehead atoms. The number of anilines is 1. The summed E-state index contributed by atoms with van der Waals surface area (Å²) in [4.78, 5) is 17.5. The van der Waals surface area contributed by atoms with E-state index in [1.807, 2.05) is 6.07 Å². The van der Waals surface area contributed by atoms with Crippen LogP contribution < -0.4 is 10.3 Å². The Morgan fingerprint density at radius 3 is 2.55 bits per heavy atom. The Balaban J connectivity index is 1.82. The molecule has 2 heterocycles. The van der Waals surface area contributed by atoms with Gasteiger partial charge < -0.3 is 0 Å². The van der Waals surface area contributed by atoms with Crippen molar-refractivity contribution >= 4 is 61.2 Å². The summed E-state index contributed by atoms with van der Waals surface area (Å²) in [6, 6.07) is 14.6. The van der Waals surface area contributed by atoms with Gasteiger partial charge in [-0.2, -0.15) is 0 Å². The van der Waals surface area contributed by atoms with Crippen LogP contribution in [-0.4, -0.2) is 18.0 Å². The van der Waals surface area contributed by atoms with Crippen molar-refractivity contribution in [1.82, 2.24) is 9.55 Å². The molecule has 1 N–H and O–H groups in total. The zero-order chi connectivity index (χ0) is 20.8. The Hall–Kier alpha value is -2.39. The SMILES string of the molecule is Cc1nc2ccccc2c(=O)n1-c1ccc(Cl)c(NS(=O)(=O)c2ccc(Cl)s2)c1. The number of aromatic nitrogens is 2. The molecule has 0 atom stereocenters. The maximum atomic E-state index is 13.0. The van der Waals surface area contributed by atoms with Crippen LogP contribution in [0, 0.1) is 6.92 Å². The molecule has 0 saturated heterocycles. The number of para-hydroxylation sites is 1. The van der Waals surface area contributed by atoms with Gasteiger partial charge in [0.05, 0.1) is 31.6 Å². The summed E-state index contributed by atoms with van der Waals surface area (Å²) in [6.07, 6.45) is 0. The molecule has 0 saturated carbocycles. The van der Waals surface area contributed by atoms with Crippen LogP contribution in [0.4, 0.5) is 5.69 Å². The highest BCUT2D eigenvalue weighted by Crippen LogP contribution is 2.31. The lowest BCUT2D eigenvalue weighted by Gasteiger charge is -2.14. The van der Waals surface area contributed by atoms with Gasteiger partial charge >= 0.3 is 0 Å². The van der Waals surface area contributed by atoms with Gasteiger partial charge in [-0.25, -0.2) is 13.4 Å². The molecular formula is C19H13Cl2N3O3S2. The quantitative estimate of drug-likeness (QED) is 0.466. The zero-order valence-corrected chi connectivity index (χ0v) is 18.0. The molecule has 2 aromatic heterocycles. The minimum atomic E-state index is -3.87. The third kappa shape index (κ3) is 3.76. The van der Waals surface area contributed by atoms with Crippen LogP contribution in [0.1, 0.15) is 5.82 Å². The van der Waals surface area contributed by atoms with Gasteiger partial charge in [0.2, 0.25) is 0 Å². The van der Waals surface area contributed by atoms with E-state index in [1.165, 1.54) is 28.8 Å². The molecule has 0 aliphatic rings. The van der Waals surface area contributed by atoms with Crippen molar-refractivity contribution in [3.8, 4) is 5.69 Å². The summed E-state index contributed by atoms with van der Waals surface area (Å²) < 4.78 is 29.5. The van der Waals surface area contributed by atoms with E-state index in [9.17, 15) is 13.2 Å². The van der Waals surface area contributed by atoms with E-state index < -0.39 is 10.0 Å². The molecular weight excluding hydrogens is 453 g/mol. The molecule has 0 aliphatic carbocycles. The normalized spacial score (nSPS) is 11.7. The number of aryl methyl sites for hydroxylation is 1. The molecule has 10 heteroatoms. The van der Waals surface area contributed by atoms with Crippen molar-refractivity contribution in [2.75, 3.05) is 4.72 Å². The van der Waals surface area contributed by atoms with Crippen LogP contribution >= 0.6 is 34.5 Å². The lowest BCUT2D eigenvalue weighted by molar-refractivity contribution is 0.603. The minimum absolute atomic E-state index is 0.0599. The van der Waals surface area contributed by atoms with Gasteiger partial charge in [-0.1, -0.05) is 35.3 Å². The van der Waals surface area contributed by atoms with E-state index in [-0.39, 0.29) is 20.5 Å². The Morgan fingerprint density at radius 1 is 1.07 bits per heavy atom. The number of hydrogen-bond donors (Lipinski definition) is 1. The molecule has 0 radical (unpaired) electrons. The lowest BCUT2D eigenvalue weighted by Crippen LogP contribution is -2.22. The smallest absolute Gasteiger partial charge is 0.271 e. The largest absolute Gasteiger partial charge is 0.277 e. The fourth-order valence-electron chi connectivity index (χ4n) is 2.92. The molecule has 0 amide bonds. The third-order valence-corrected chi connectivity index (χ3v) is 7.63. The van der Waals surface area contributed by atoms with Gasteiger partial charge in [-0.05, 0) is 49.4 Å². The zero-order valence-electron chi connectivity index (χ0n) is 14.9. The Morgan fingerprint density at radius 2 is 1.83 bits per heavy atom. The molecule has 6 nitrogen and oxygen atoms in total. The second-order valence-corrected chi connectivity index (χ2v) is 10.2. The molecule has 0 fully saturated rings. The second kappa shape index (κ2) is 7.46. The van der Waals surface area contributed by atoms with Crippen molar-refractivity contribution in [3.05, 3.63) is 80.1 Å². The fourth-order valence-corrected chi connectivity index (χ4v) is 5.69. The van der Waals surface area contributed by atoms with E-state index >= 15 is 0 Å². The van der Waals surface area contributed by atoms with Gasteiger partial charge in [0.15, 0.2) is 0 Å². The van der Waals surface area contributed by atoms with Gasteiger partial charge in [0.1, 0.15) is 10.0 Å². The highest BCUT2D eigenvalue weighted by atomic mass is 35.5. The first-order chi connectivity index (χ1) is 13.8. The number of hydrogen-bond acceptors (Lipinski definition) is 5. The lowest BCUT2D eigenvalue weighted by atomic mass is 10.2. The first-order valence-corrected chi connectivity index (χ1v) is 11.4.